The Morgan fingerprint density at radius 3 is 2.39 bits per heavy atom. The molecule has 36 heavy (non-hydrogen) atoms. The fourth-order valence-electron chi connectivity index (χ4n) is 3.50. The van der Waals surface area contributed by atoms with Crippen molar-refractivity contribution in [3.05, 3.63) is 90.0 Å². The molecule has 0 aliphatic rings. The van der Waals surface area contributed by atoms with Crippen LogP contribution in [0.2, 0.25) is 0 Å². The van der Waals surface area contributed by atoms with E-state index in [1.807, 2.05) is 31.2 Å². The van der Waals surface area contributed by atoms with Crippen molar-refractivity contribution in [3.63, 3.8) is 0 Å². The predicted molar refractivity (Wildman–Crippen MR) is 131 cm³/mol. The Bertz CT molecular complexity index is 1380. The van der Waals surface area contributed by atoms with Crippen molar-refractivity contribution in [2.45, 2.75) is 13.1 Å². The molecule has 2 N–H and O–H groups in total. The highest BCUT2D eigenvalue weighted by atomic mass is 19.4. The fourth-order valence-corrected chi connectivity index (χ4v) is 3.50. The van der Waals surface area contributed by atoms with Gasteiger partial charge in [-0.2, -0.15) is 23.8 Å². The molecule has 0 atom stereocenters. The molecule has 0 aliphatic heterocycles. The molecule has 0 amide bonds. The van der Waals surface area contributed by atoms with Crippen molar-refractivity contribution < 1.29 is 28.0 Å². The van der Waals surface area contributed by atoms with Gasteiger partial charge in [-0.15, -0.1) is 5.11 Å². The van der Waals surface area contributed by atoms with Crippen LogP contribution in [0.1, 0.15) is 11.1 Å². The minimum absolute atomic E-state index is 0.0543. The predicted octanol–water partition coefficient (Wildman–Crippen LogP) is 7.47. The topological polar surface area (TPSA) is 78.7 Å². The van der Waals surface area contributed by atoms with E-state index in [1.165, 1.54) is 30.4 Å². The number of rotatable bonds is 8. The first kappa shape index (κ1) is 25.1. The number of hydrogen-bond acceptors (Lipinski definition) is 7. The number of anilines is 2. The first-order valence-electron chi connectivity index (χ1n) is 10.9. The van der Waals surface area contributed by atoms with Crippen LogP contribution >= 0.6 is 0 Å². The highest BCUT2D eigenvalue weighted by molar-refractivity contribution is 5.97. The van der Waals surface area contributed by atoms with Gasteiger partial charge in [-0.1, -0.05) is 29.8 Å². The van der Waals surface area contributed by atoms with Crippen molar-refractivity contribution in [2.24, 2.45) is 10.2 Å². The second kappa shape index (κ2) is 10.7. The minimum Gasteiger partial charge on any atom is -0.506 e. The normalized spacial score (nSPS) is 11.9. The number of alkyl halides is 3. The molecule has 4 rings (SSSR count). The summed E-state index contributed by atoms with van der Waals surface area (Å²) in [4.78, 5) is 10.5. The van der Waals surface area contributed by atoms with Crippen LogP contribution in [0.15, 0.2) is 89.1 Å². The number of aromatic hydroxyl groups is 1. The molecule has 0 radical (unpaired) electrons. The zero-order chi connectivity index (χ0) is 25.7. The van der Waals surface area contributed by atoms with Gasteiger partial charge in [-0.05, 0) is 66.9 Å². The standard InChI is InChI=1S/C26H23F3N4O3/c1-17-6-9-20(10-7-17)31-32-25-23-12-11-22(14-18(23)8-13-24(25)34)33(36-16-30-35-2)21-5-3-4-19(15-21)26(27,28)29/h3-15,30,34H,16H2,1-2H3. The van der Waals surface area contributed by atoms with Crippen LogP contribution in [0.25, 0.3) is 10.8 Å². The third-order valence-corrected chi connectivity index (χ3v) is 5.29. The number of fused-ring (bicyclic) bond motifs is 1. The van der Waals surface area contributed by atoms with Gasteiger partial charge in [0.15, 0.2) is 0 Å². The van der Waals surface area contributed by atoms with Crippen molar-refractivity contribution >= 4 is 33.5 Å². The van der Waals surface area contributed by atoms with Crippen molar-refractivity contribution in [1.29, 1.82) is 0 Å². The molecular formula is C26H23F3N4O3. The van der Waals surface area contributed by atoms with Crippen molar-refractivity contribution in [3.8, 4) is 5.75 Å². The van der Waals surface area contributed by atoms with E-state index < -0.39 is 11.7 Å². The molecule has 0 saturated heterocycles. The Morgan fingerprint density at radius 2 is 1.67 bits per heavy atom. The number of benzene rings is 4. The molecule has 0 unspecified atom stereocenters. The Kier molecular flexibility index (Phi) is 7.49. The van der Waals surface area contributed by atoms with Gasteiger partial charge in [-0.25, -0.2) is 5.06 Å². The zero-order valence-corrected chi connectivity index (χ0v) is 19.5. The number of nitrogens with zero attached hydrogens (tertiary/aromatic N) is 3. The fraction of sp³-hybridized carbons (Fsp3) is 0.154. The van der Waals surface area contributed by atoms with Crippen LogP contribution in [0.3, 0.4) is 0 Å². The zero-order valence-electron chi connectivity index (χ0n) is 19.5. The van der Waals surface area contributed by atoms with Crippen LogP contribution in [0, 0.1) is 6.92 Å². The van der Waals surface area contributed by atoms with Crippen LogP contribution in [0.4, 0.5) is 35.9 Å². The molecule has 4 aromatic carbocycles. The average Bonchev–Trinajstić information content (AvgIpc) is 2.86. The summed E-state index contributed by atoms with van der Waals surface area (Å²) < 4.78 is 39.9. The first-order valence-corrected chi connectivity index (χ1v) is 10.9. The highest BCUT2D eigenvalue weighted by Crippen LogP contribution is 2.39. The molecule has 4 aromatic rings. The smallest absolute Gasteiger partial charge is 0.416 e. The number of halogens is 3. The lowest BCUT2D eigenvalue weighted by molar-refractivity contribution is -0.137. The summed E-state index contributed by atoms with van der Waals surface area (Å²) in [7, 11) is 1.40. The minimum atomic E-state index is -4.51. The number of aryl methyl sites for hydroxylation is 1. The maximum atomic E-state index is 13.3. The van der Waals surface area contributed by atoms with Gasteiger partial charge in [-0.3, -0.25) is 4.84 Å². The molecule has 0 fully saturated rings. The molecule has 0 bridgehead atoms. The Morgan fingerprint density at radius 1 is 0.917 bits per heavy atom. The molecule has 0 spiro atoms. The molecular weight excluding hydrogens is 473 g/mol. The van der Waals surface area contributed by atoms with Gasteiger partial charge >= 0.3 is 6.18 Å². The van der Waals surface area contributed by atoms with Crippen molar-refractivity contribution in [2.75, 3.05) is 18.9 Å². The Balaban J connectivity index is 1.73. The second-order valence-electron chi connectivity index (χ2n) is 7.84. The van der Waals surface area contributed by atoms with E-state index >= 15 is 0 Å². The van der Waals surface area contributed by atoms with E-state index in [4.69, 9.17) is 9.68 Å². The van der Waals surface area contributed by atoms with Gasteiger partial charge in [0.2, 0.25) is 0 Å². The second-order valence-corrected chi connectivity index (χ2v) is 7.84. The largest absolute Gasteiger partial charge is 0.506 e. The van der Waals surface area contributed by atoms with Gasteiger partial charge in [0.05, 0.1) is 29.7 Å². The molecule has 0 aromatic heterocycles. The van der Waals surface area contributed by atoms with Crippen LogP contribution in [-0.2, 0) is 15.9 Å². The molecule has 10 heteroatoms. The van der Waals surface area contributed by atoms with Crippen molar-refractivity contribution in [1.82, 2.24) is 5.48 Å². The van der Waals surface area contributed by atoms with E-state index in [1.54, 1.807) is 24.3 Å². The number of azo groups is 1. The van der Waals surface area contributed by atoms with E-state index in [2.05, 4.69) is 15.7 Å². The monoisotopic (exact) mass is 496 g/mol. The molecule has 7 nitrogen and oxygen atoms in total. The molecule has 0 aliphatic carbocycles. The van der Waals surface area contributed by atoms with E-state index in [-0.39, 0.29) is 23.9 Å². The quantitative estimate of drug-likeness (QED) is 0.115. The lowest BCUT2D eigenvalue weighted by atomic mass is 10.1. The van der Waals surface area contributed by atoms with Gasteiger partial charge in [0.25, 0.3) is 0 Å². The number of nitrogens with one attached hydrogen (secondary N) is 1. The van der Waals surface area contributed by atoms with Crippen LogP contribution in [-0.4, -0.2) is 18.9 Å². The number of phenolic OH excluding ortho intramolecular Hbond substituents is 1. The third kappa shape index (κ3) is 5.80. The van der Waals surface area contributed by atoms with Crippen LogP contribution < -0.4 is 10.5 Å². The summed E-state index contributed by atoms with van der Waals surface area (Å²) in [5.41, 5.74) is 4.30. The lowest BCUT2D eigenvalue weighted by Gasteiger charge is -2.25. The summed E-state index contributed by atoms with van der Waals surface area (Å²) in [6, 6.07) is 20.5. The van der Waals surface area contributed by atoms with Gasteiger partial charge in [0, 0.05) is 5.39 Å². The first-order chi connectivity index (χ1) is 17.3. The molecule has 0 saturated carbocycles. The maximum absolute atomic E-state index is 13.3. The van der Waals surface area contributed by atoms with Crippen LogP contribution in [0.5, 0.6) is 5.75 Å². The van der Waals surface area contributed by atoms with E-state index in [9.17, 15) is 18.3 Å². The number of hydroxylamine groups is 1. The Labute approximate surface area is 205 Å². The summed E-state index contributed by atoms with van der Waals surface area (Å²) in [6.07, 6.45) is -4.51. The lowest BCUT2D eigenvalue weighted by Crippen LogP contribution is -2.26. The number of phenols is 1. The third-order valence-electron chi connectivity index (χ3n) is 5.29. The summed E-state index contributed by atoms with van der Waals surface area (Å²) in [5.74, 6) is -0.0543. The summed E-state index contributed by atoms with van der Waals surface area (Å²) in [6.45, 7) is 1.84. The Hall–Kier alpha value is -3.99. The van der Waals surface area contributed by atoms with Gasteiger partial charge in [0.1, 0.15) is 18.2 Å². The van der Waals surface area contributed by atoms with E-state index in [0.29, 0.717) is 22.1 Å². The maximum Gasteiger partial charge on any atom is 0.416 e. The summed E-state index contributed by atoms with van der Waals surface area (Å²) >= 11 is 0. The SMILES string of the molecule is CONCON(c1cccc(C(F)(F)F)c1)c1ccc2c(N=Nc3ccc(C)cc3)c(O)ccc2c1. The highest BCUT2D eigenvalue weighted by Gasteiger charge is 2.31. The molecule has 0 heterocycles. The van der Waals surface area contributed by atoms with E-state index in [0.717, 1.165) is 17.7 Å². The average molecular weight is 496 g/mol. The number of hydrogen-bond donors (Lipinski definition) is 2. The van der Waals surface area contributed by atoms with Gasteiger partial charge < -0.3 is 9.94 Å². The molecule has 186 valence electrons. The summed E-state index contributed by atoms with van der Waals surface area (Å²) in [5, 5.41) is 21.4.